The molecular weight excluding hydrogens is 434 g/mol. The van der Waals surface area contributed by atoms with Gasteiger partial charge in [0, 0.05) is 11.4 Å². The molecule has 0 bridgehead atoms. The second-order valence-electron chi connectivity index (χ2n) is 7.57. The number of thioether (sulfide) groups is 1. The lowest BCUT2D eigenvalue weighted by Crippen LogP contribution is -2.24. The molecule has 0 amide bonds. The fourth-order valence-corrected chi connectivity index (χ4v) is 4.47. The summed E-state index contributed by atoms with van der Waals surface area (Å²) < 4.78 is 20.1. The van der Waals surface area contributed by atoms with Crippen LogP contribution in [0, 0.1) is 0 Å². The number of para-hydroxylation sites is 3. The Bertz CT molecular complexity index is 1210. The van der Waals surface area contributed by atoms with Crippen LogP contribution in [0.5, 0.6) is 17.2 Å². The highest BCUT2D eigenvalue weighted by atomic mass is 32.2. The molecule has 1 aliphatic rings. The van der Waals surface area contributed by atoms with Crippen molar-refractivity contribution in [3.63, 3.8) is 0 Å². The van der Waals surface area contributed by atoms with Crippen LogP contribution in [-0.2, 0) is 6.42 Å². The Morgan fingerprint density at radius 3 is 2.64 bits per heavy atom. The topological polar surface area (TPSA) is 58.4 Å². The van der Waals surface area contributed by atoms with Gasteiger partial charge in [-0.15, -0.1) is 10.2 Å². The van der Waals surface area contributed by atoms with Crippen molar-refractivity contribution in [3.8, 4) is 22.9 Å². The molecule has 1 aliphatic heterocycles. The summed E-state index contributed by atoms with van der Waals surface area (Å²) in [5.41, 5.74) is 2.25. The first-order valence-corrected chi connectivity index (χ1v) is 12.0. The molecule has 33 heavy (non-hydrogen) atoms. The first-order chi connectivity index (χ1) is 16.3. The number of aryl methyl sites for hydroxylation is 1. The Balaban J connectivity index is 1.33. The molecule has 5 rings (SSSR count). The predicted octanol–water partition coefficient (Wildman–Crippen LogP) is 5.51. The van der Waals surface area contributed by atoms with Crippen molar-refractivity contribution in [1.82, 2.24) is 14.8 Å². The van der Waals surface area contributed by atoms with E-state index < -0.39 is 0 Å². The Labute approximate surface area is 197 Å². The molecule has 0 aliphatic carbocycles. The summed E-state index contributed by atoms with van der Waals surface area (Å²) in [7, 11) is 0. The van der Waals surface area contributed by atoms with Gasteiger partial charge in [-0.2, -0.15) is 0 Å². The Morgan fingerprint density at radius 2 is 1.79 bits per heavy atom. The number of ether oxygens (including phenoxy) is 3. The van der Waals surface area contributed by atoms with E-state index in [9.17, 15) is 0 Å². The molecule has 1 atom stereocenters. The van der Waals surface area contributed by atoms with Crippen LogP contribution in [0.2, 0.25) is 0 Å². The lowest BCUT2D eigenvalue weighted by atomic mass is 10.2. The van der Waals surface area contributed by atoms with Gasteiger partial charge in [-0.05, 0) is 48.4 Å². The molecule has 0 N–H and O–H groups in total. The zero-order chi connectivity index (χ0) is 22.5. The maximum absolute atomic E-state index is 6.22. The molecule has 0 saturated carbocycles. The molecule has 1 unspecified atom stereocenters. The number of nitrogens with zero attached hydrogens (tertiary/aromatic N) is 3. The summed E-state index contributed by atoms with van der Waals surface area (Å²) in [4.78, 5) is 0. The summed E-state index contributed by atoms with van der Waals surface area (Å²) in [5.74, 6) is 3.82. The highest BCUT2D eigenvalue weighted by Gasteiger charge is 2.29. The second kappa shape index (κ2) is 10.0. The van der Waals surface area contributed by atoms with Gasteiger partial charge in [0.2, 0.25) is 0 Å². The van der Waals surface area contributed by atoms with Crippen LogP contribution < -0.4 is 14.2 Å². The van der Waals surface area contributed by atoms with E-state index in [1.54, 1.807) is 11.8 Å². The lowest BCUT2D eigenvalue weighted by Gasteiger charge is -2.26. The number of hydrogen-bond acceptors (Lipinski definition) is 6. The van der Waals surface area contributed by atoms with Gasteiger partial charge in [0.15, 0.2) is 28.6 Å². The fraction of sp³-hybridized carbons (Fsp3) is 0.231. The molecule has 0 fully saturated rings. The van der Waals surface area contributed by atoms with E-state index in [0.717, 1.165) is 40.3 Å². The Kier molecular flexibility index (Phi) is 6.48. The molecular formula is C26H25N3O3S. The number of rotatable bonds is 8. The molecule has 2 heterocycles. The summed E-state index contributed by atoms with van der Waals surface area (Å²) >= 11 is 1.61. The number of fused-ring (bicyclic) bond motifs is 1. The normalized spacial score (nSPS) is 14.8. The minimum Gasteiger partial charge on any atom is -0.493 e. The van der Waals surface area contributed by atoms with Crippen LogP contribution >= 0.6 is 11.8 Å². The van der Waals surface area contributed by atoms with Crippen molar-refractivity contribution in [1.29, 1.82) is 0 Å². The van der Waals surface area contributed by atoms with Crippen LogP contribution in [0.15, 0.2) is 84.0 Å². The van der Waals surface area contributed by atoms with Gasteiger partial charge in [-0.3, -0.25) is 4.57 Å². The predicted molar refractivity (Wildman–Crippen MR) is 129 cm³/mol. The van der Waals surface area contributed by atoms with Crippen molar-refractivity contribution in [3.05, 3.63) is 90.3 Å². The van der Waals surface area contributed by atoms with E-state index in [0.29, 0.717) is 19.0 Å². The maximum atomic E-state index is 6.22. The van der Waals surface area contributed by atoms with Gasteiger partial charge in [-0.25, -0.2) is 0 Å². The van der Waals surface area contributed by atoms with Crippen LogP contribution in [0.1, 0.15) is 24.4 Å². The first kappa shape index (κ1) is 21.4. The van der Waals surface area contributed by atoms with Crippen molar-refractivity contribution >= 4 is 11.8 Å². The lowest BCUT2D eigenvalue weighted by molar-refractivity contribution is 0.0835. The summed E-state index contributed by atoms with van der Waals surface area (Å²) in [6.07, 6.45) is 0.641. The zero-order valence-electron chi connectivity index (χ0n) is 18.4. The first-order valence-electron chi connectivity index (χ1n) is 11.1. The monoisotopic (exact) mass is 459 g/mol. The van der Waals surface area contributed by atoms with Gasteiger partial charge in [0.1, 0.15) is 12.4 Å². The minimum absolute atomic E-state index is 0.352. The third-order valence-corrected chi connectivity index (χ3v) is 6.25. The summed E-state index contributed by atoms with van der Waals surface area (Å²) in [5, 5.41) is 9.77. The SMILES string of the molecule is CCc1cccc(OCCSc2nnc(C3COc4ccccc4O3)n2-c2ccccc2)c1. The zero-order valence-corrected chi connectivity index (χ0v) is 19.2. The van der Waals surface area contributed by atoms with E-state index in [2.05, 4.69) is 29.3 Å². The van der Waals surface area contributed by atoms with E-state index in [4.69, 9.17) is 14.2 Å². The molecule has 0 spiro atoms. The largest absolute Gasteiger partial charge is 0.493 e. The Hall–Kier alpha value is -3.45. The average Bonchev–Trinajstić information content (AvgIpc) is 3.31. The Morgan fingerprint density at radius 1 is 0.970 bits per heavy atom. The number of hydrogen-bond donors (Lipinski definition) is 0. The van der Waals surface area contributed by atoms with Crippen LogP contribution in [0.3, 0.4) is 0 Å². The van der Waals surface area contributed by atoms with Crippen LogP contribution in [0.4, 0.5) is 0 Å². The van der Waals surface area contributed by atoms with Crippen molar-refractivity contribution in [2.75, 3.05) is 19.0 Å². The summed E-state index contributed by atoms with van der Waals surface area (Å²) in [6, 6.07) is 26.0. The molecule has 7 heteroatoms. The fourth-order valence-electron chi connectivity index (χ4n) is 3.70. The van der Waals surface area contributed by atoms with Crippen LogP contribution in [0.25, 0.3) is 5.69 Å². The average molecular weight is 460 g/mol. The van der Waals surface area contributed by atoms with Crippen molar-refractivity contribution in [2.45, 2.75) is 24.6 Å². The summed E-state index contributed by atoms with van der Waals surface area (Å²) in [6.45, 7) is 3.09. The molecule has 168 valence electrons. The van der Waals surface area contributed by atoms with Gasteiger partial charge in [0.05, 0.1) is 6.61 Å². The second-order valence-corrected chi connectivity index (χ2v) is 8.64. The minimum atomic E-state index is -0.352. The highest BCUT2D eigenvalue weighted by Crippen LogP contribution is 2.36. The highest BCUT2D eigenvalue weighted by molar-refractivity contribution is 7.99. The van der Waals surface area contributed by atoms with Crippen molar-refractivity contribution < 1.29 is 14.2 Å². The van der Waals surface area contributed by atoms with Gasteiger partial charge < -0.3 is 14.2 Å². The van der Waals surface area contributed by atoms with E-state index in [-0.39, 0.29) is 6.10 Å². The molecule has 6 nitrogen and oxygen atoms in total. The van der Waals surface area contributed by atoms with Crippen LogP contribution in [-0.4, -0.2) is 33.7 Å². The van der Waals surface area contributed by atoms with Gasteiger partial charge >= 0.3 is 0 Å². The maximum Gasteiger partial charge on any atom is 0.196 e. The standard InChI is InChI=1S/C26H25N3O3S/c1-2-19-9-8-12-21(17-19)30-15-16-33-26-28-27-25(29(26)20-10-4-3-5-11-20)24-18-31-22-13-6-7-14-23(22)32-24/h3-14,17,24H,2,15-16,18H2,1H3. The molecule has 4 aromatic rings. The molecule has 3 aromatic carbocycles. The number of aromatic nitrogens is 3. The number of benzene rings is 3. The van der Waals surface area contributed by atoms with E-state index in [1.807, 2.05) is 71.3 Å². The molecule has 0 radical (unpaired) electrons. The van der Waals surface area contributed by atoms with Gasteiger partial charge in [0.25, 0.3) is 0 Å². The third-order valence-electron chi connectivity index (χ3n) is 5.36. The van der Waals surface area contributed by atoms with E-state index >= 15 is 0 Å². The molecule has 0 saturated heterocycles. The third kappa shape index (κ3) is 4.83. The quantitative estimate of drug-likeness (QED) is 0.256. The molecule has 1 aromatic heterocycles. The smallest absolute Gasteiger partial charge is 0.196 e. The van der Waals surface area contributed by atoms with E-state index in [1.165, 1.54) is 5.56 Å². The van der Waals surface area contributed by atoms with Crippen molar-refractivity contribution in [2.24, 2.45) is 0 Å². The van der Waals surface area contributed by atoms with Gasteiger partial charge in [-0.1, -0.05) is 61.2 Å².